The molecule has 0 spiro atoms. The maximum atomic E-state index is 14.5. The second-order valence-corrected chi connectivity index (χ2v) is 7.62. The highest BCUT2D eigenvalue weighted by molar-refractivity contribution is 7.78. The van der Waals surface area contributed by atoms with Gasteiger partial charge >= 0.3 is 5.97 Å². The first kappa shape index (κ1) is 23.5. The van der Waals surface area contributed by atoms with E-state index in [1.165, 1.54) is 48.2 Å². The molecule has 6 heteroatoms. The SMILES string of the molecule is CCCCc1ccc(CCc2ccc(C(=O)Oc3ccc(N=C=S)c(F)c3)c(F)c2)cc1. The van der Waals surface area contributed by atoms with E-state index in [0.717, 1.165) is 24.5 Å². The van der Waals surface area contributed by atoms with E-state index < -0.39 is 17.6 Å². The molecule has 0 radical (unpaired) electrons. The molecule has 0 aromatic heterocycles. The van der Waals surface area contributed by atoms with E-state index in [-0.39, 0.29) is 17.0 Å². The van der Waals surface area contributed by atoms with Crippen LogP contribution in [0.3, 0.4) is 0 Å². The summed E-state index contributed by atoms with van der Waals surface area (Å²) in [6.45, 7) is 2.17. The number of hydrogen-bond donors (Lipinski definition) is 0. The summed E-state index contributed by atoms with van der Waals surface area (Å²) in [4.78, 5) is 15.9. The lowest BCUT2D eigenvalue weighted by atomic mass is 10.0. The Hall–Kier alpha value is -3.21. The average molecular weight is 452 g/mol. The monoisotopic (exact) mass is 451 g/mol. The molecule has 32 heavy (non-hydrogen) atoms. The number of thiocarbonyl (C=S) groups is 1. The third-order valence-electron chi connectivity index (χ3n) is 5.09. The summed E-state index contributed by atoms with van der Waals surface area (Å²) in [5.74, 6) is -2.35. The molecule has 0 atom stereocenters. The van der Waals surface area contributed by atoms with Gasteiger partial charge in [-0.25, -0.2) is 13.6 Å². The zero-order chi connectivity index (χ0) is 22.9. The number of benzene rings is 3. The van der Waals surface area contributed by atoms with Gasteiger partial charge in [0.25, 0.3) is 0 Å². The summed E-state index contributed by atoms with van der Waals surface area (Å²) >= 11 is 4.44. The van der Waals surface area contributed by atoms with Gasteiger partial charge in [-0.2, -0.15) is 4.99 Å². The Morgan fingerprint density at radius 1 is 0.906 bits per heavy atom. The molecule has 0 unspecified atom stereocenters. The van der Waals surface area contributed by atoms with Crippen molar-refractivity contribution in [3.63, 3.8) is 0 Å². The highest BCUT2D eigenvalue weighted by Gasteiger charge is 2.16. The molecular formula is C26H23F2NO2S. The lowest BCUT2D eigenvalue weighted by molar-refractivity contribution is 0.0729. The van der Waals surface area contributed by atoms with Gasteiger partial charge < -0.3 is 4.74 Å². The van der Waals surface area contributed by atoms with Crippen molar-refractivity contribution in [1.29, 1.82) is 0 Å². The molecule has 0 saturated carbocycles. The van der Waals surface area contributed by atoms with Gasteiger partial charge in [-0.15, -0.1) is 0 Å². The second-order valence-electron chi connectivity index (χ2n) is 7.44. The molecule has 0 aliphatic heterocycles. The standard InChI is InChI=1S/C26H23F2NO2S/c1-2-3-4-18-5-7-19(8-6-18)9-10-20-11-13-22(23(27)15-20)26(30)31-21-12-14-25(29-17-32)24(28)16-21/h5-8,11-16H,2-4,9-10H2,1H3. The van der Waals surface area contributed by atoms with Crippen LogP contribution in [0.5, 0.6) is 5.75 Å². The summed E-state index contributed by atoms with van der Waals surface area (Å²) < 4.78 is 33.5. The summed E-state index contributed by atoms with van der Waals surface area (Å²) in [6.07, 6.45) is 4.84. The molecule has 0 amide bonds. The molecule has 0 heterocycles. The molecule has 3 aromatic rings. The quantitative estimate of drug-likeness (QED) is 0.151. The minimum absolute atomic E-state index is 0.0223. The lowest BCUT2D eigenvalue weighted by Crippen LogP contribution is -2.11. The molecule has 0 bridgehead atoms. The predicted octanol–water partition coefficient (Wildman–Crippen LogP) is 7.05. The van der Waals surface area contributed by atoms with Gasteiger partial charge in [0.15, 0.2) is 5.82 Å². The third-order valence-corrected chi connectivity index (χ3v) is 5.18. The molecule has 0 fully saturated rings. The Balaban J connectivity index is 1.61. The van der Waals surface area contributed by atoms with Crippen LogP contribution in [0.4, 0.5) is 14.5 Å². The Morgan fingerprint density at radius 2 is 1.56 bits per heavy atom. The van der Waals surface area contributed by atoms with E-state index in [1.54, 1.807) is 6.07 Å². The molecule has 3 nitrogen and oxygen atoms in total. The van der Waals surface area contributed by atoms with Gasteiger partial charge in [0.2, 0.25) is 0 Å². The minimum atomic E-state index is -0.901. The van der Waals surface area contributed by atoms with Crippen LogP contribution in [0.1, 0.15) is 46.8 Å². The van der Waals surface area contributed by atoms with Crippen molar-refractivity contribution in [3.05, 3.63) is 94.6 Å². The number of aliphatic imine (C=N–C) groups is 1. The van der Waals surface area contributed by atoms with Crippen LogP contribution in [0.15, 0.2) is 65.7 Å². The maximum absolute atomic E-state index is 14.5. The number of hydrogen-bond acceptors (Lipinski definition) is 4. The van der Waals surface area contributed by atoms with E-state index in [0.29, 0.717) is 6.42 Å². The van der Waals surface area contributed by atoms with Crippen LogP contribution in [-0.4, -0.2) is 11.1 Å². The van der Waals surface area contributed by atoms with Crippen molar-refractivity contribution >= 4 is 29.0 Å². The fraction of sp³-hybridized carbons (Fsp3) is 0.231. The van der Waals surface area contributed by atoms with Crippen molar-refractivity contribution in [2.45, 2.75) is 39.0 Å². The van der Waals surface area contributed by atoms with Crippen LogP contribution in [0, 0.1) is 11.6 Å². The molecule has 0 aliphatic rings. The Labute approximate surface area is 191 Å². The van der Waals surface area contributed by atoms with Crippen LogP contribution >= 0.6 is 12.2 Å². The van der Waals surface area contributed by atoms with E-state index >= 15 is 0 Å². The van der Waals surface area contributed by atoms with Crippen LogP contribution in [0.25, 0.3) is 0 Å². The number of nitrogens with zero attached hydrogens (tertiary/aromatic N) is 1. The fourth-order valence-electron chi connectivity index (χ4n) is 3.27. The number of carbonyl (C=O) groups is 1. The number of ether oxygens (including phenoxy) is 1. The normalized spacial score (nSPS) is 10.5. The number of aryl methyl sites for hydroxylation is 3. The van der Waals surface area contributed by atoms with Crippen molar-refractivity contribution in [2.24, 2.45) is 4.99 Å². The Bertz CT molecular complexity index is 1140. The molecule has 0 N–H and O–H groups in total. The Morgan fingerprint density at radius 3 is 2.19 bits per heavy atom. The topological polar surface area (TPSA) is 38.7 Å². The van der Waals surface area contributed by atoms with Gasteiger partial charge in [0, 0.05) is 6.07 Å². The van der Waals surface area contributed by atoms with E-state index in [2.05, 4.69) is 53.6 Å². The first-order valence-electron chi connectivity index (χ1n) is 10.5. The largest absolute Gasteiger partial charge is 0.423 e. The van der Waals surface area contributed by atoms with Crippen molar-refractivity contribution in [3.8, 4) is 5.75 Å². The number of halogens is 2. The second kappa shape index (κ2) is 11.4. The number of esters is 1. The zero-order valence-electron chi connectivity index (χ0n) is 17.7. The maximum Gasteiger partial charge on any atom is 0.346 e. The van der Waals surface area contributed by atoms with Gasteiger partial charge in [-0.3, -0.25) is 0 Å². The van der Waals surface area contributed by atoms with Gasteiger partial charge in [-0.1, -0.05) is 43.7 Å². The van der Waals surface area contributed by atoms with Gasteiger partial charge in [0.05, 0.1) is 10.7 Å². The lowest BCUT2D eigenvalue weighted by Gasteiger charge is -2.08. The van der Waals surface area contributed by atoms with Crippen molar-refractivity contribution in [1.82, 2.24) is 0 Å². The fourth-order valence-corrected chi connectivity index (χ4v) is 3.37. The number of unbranched alkanes of at least 4 members (excludes halogenated alkanes) is 1. The van der Waals surface area contributed by atoms with E-state index in [9.17, 15) is 13.6 Å². The summed E-state index contributed by atoms with van der Waals surface area (Å²) in [5.41, 5.74) is 3.05. The van der Waals surface area contributed by atoms with E-state index in [1.807, 2.05) is 0 Å². The third kappa shape index (κ3) is 6.39. The first-order valence-corrected chi connectivity index (χ1v) is 10.9. The number of isothiocyanates is 1. The van der Waals surface area contributed by atoms with Crippen LogP contribution < -0.4 is 4.74 Å². The number of carbonyl (C=O) groups excluding carboxylic acids is 1. The molecular weight excluding hydrogens is 428 g/mol. The van der Waals surface area contributed by atoms with Gasteiger partial charge in [-0.05, 0) is 78.9 Å². The molecule has 164 valence electrons. The number of rotatable bonds is 9. The molecule has 3 aromatic carbocycles. The highest BCUT2D eigenvalue weighted by atomic mass is 32.1. The smallest absolute Gasteiger partial charge is 0.346 e. The average Bonchev–Trinajstić information content (AvgIpc) is 2.79. The summed E-state index contributed by atoms with van der Waals surface area (Å²) in [7, 11) is 0. The zero-order valence-corrected chi connectivity index (χ0v) is 18.6. The van der Waals surface area contributed by atoms with E-state index in [4.69, 9.17) is 4.74 Å². The minimum Gasteiger partial charge on any atom is -0.423 e. The molecule has 0 aliphatic carbocycles. The predicted molar refractivity (Wildman–Crippen MR) is 125 cm³/mol. The summed E-state index contributed by atoms with van der Waals surface area (Å²) in [5, 5.41) is 2.06. The van der Waals surface area contributed by atoms with Crippen molar-refractivity contribution in [2.75, 3.05) is 0 Å². The summed E-state index contributed by atoms with van der Waals surface area (Å²) in [6, 6.07) is 16.6. The Kier molecular flexibility index (Phi) is 8.37. The highest BCUT2D eigenvalue weighted by Crippen LogP contribution is 2.24. The van der Waals surface area contributed by atoms with Crippen LogP contribution in [0.2, 0.25) is 0 Å². The van der Waals surface area contributed by atoms with Crippen molar-refractivity contribution < 1.29 is 18.3 Å². The first-order chi connectivity index (χ1) is 15.5. The molecule has 0 saturated heterocycles. The molecule has 3 rings (SSSR count). The van der Waals surface area contributed by atoms with Crippen LogP contribution in [-0.2, 0) is 19.3 Å². The van der Waals surface area contributed by atoms with Gasteiger partial charge in [0.1, 0.15) is 17.3 Å².